The number of ether oxygens (including phenoxy) is 2. The first-order valence-electron chi connectivity index (χ1n) is 10.1. The van der Waals surface area contributed by atoms with Gasteiger partial charge in [-0.2, -0.15) is 19.6 Å². The standard InChI is InChI=1S/C16H24N9O5P.CO2/c1-5-8(2)22-31(26)28-6-9-11(30-31)16(3,23-24-18)14(29-9)25-7-19-10-12(25)20-15(17)21-13(10)27-4;2-1-3/h7-9,11,14H,5-6H2,1-4H3,(H,22,26)(H2,17,20,21);/t8-,9+,11+,14+,16+,31?;/m0./s1. The van der Waals surface area contributed by atoms with Gasteiger partial charge in [-0.1, -0.05) is 12.0 Å². The number of aromatic nitrogens is 4. The lowest BCUT2D eigenvalue weighted by molar-refractivity contribution is -0.191. The predicted octanol–water partition coefficient (Wildman–Crippen LogP) is 1.71. The van der Waals surface area contributed by atoms with Gasteiger partial charge in [0.05, 0.1) is 20.0 Å². The topological polar surface area (TPSA) is 219 Å². The number of fused-ring (bicyclic) bond motifs is 2. The molecular formula is C17H24N9O7P. The summed E-state index contributed by atoms with van der Waals surface area (Å²) >= 11 is 0. The lowest BCUT2D eigenvalue weighted by Crippen LogP contribution is -2.47. The lowest BCUT2D eigenvalue weighted by Gasteiger charge is -2.37. The summed E-state index contributed by atoms with van der Waals surface area (Å²) in [6, 6.07) is -0.101. The van der Waals surface area contributed by atoms with E-state index < -0.39 is 31.7 Å². The number of azide groups is 1. The van der Waals surface area contributed by atoms with E-state index in [4.69, 9.17) is 33.8 Å². The Balaban J connectivity index is 0.00000103. The van der Waals surface area contributed by atoms with Crippen molar-refractivity contribution in [2.45, 2.75) is 57.2 Å². The van der Waals surface area contributed by atoms with Crippen molar-refractivity contribution in [3.05, 3.63) is 16.8 Å². The summed E-state index contributed by atoms with van der Waals surface area (Å²) in [5.41, 5.74) is 14.5. The van der Waals surface area contributed by atoms with Crippen LogP contribution in [0.4, 0.5) is 5.95 Å². The molecule has 2 fully saturated rings. The molecule has 16 nitrogen and oxygen atoms in total. The molecule has 0 amide bonds. The molecule has 1 unspecified atom stereocenters. The van der Waals surface area contributed by atoms with Crippen LogP contribution in [0.15, 0.2) is 11.4 Å². The molecule has 4 rings (SSSR count). The Hall–Kier alpha value is -3.09. The maximum atomic E-state index is 13.2. The minimum absolute atomic E-state index is 0.00844. The third-order valence-corrected chi connectivity index (χ3v) is 7.23. The van der Waals surface area contributed by atoms with Gasteiger partial charge in [-0.15, -0.1) is 0 Å². The molecule has 184 valence electrons. The normalized spacial score (nSPS) is 30.9. The number of nitrogens with zero attached hydrogens (tertiary/aromatic N) is 7. The smallest absolute Gasteiger partial charge is 0.406 e. The summed E-state index contributed by atoms with van der Waals surface area (Å²) in [7, 11) is -2.19. The first kappa shape index (κ1) is 25.5. The van der Waals surface area contributed by atoms with Crippen LogP contribution in [0.3, 0.4) is 0 Å². The zero-order valence-corrected chi connectivity index (χ0v) is 19.7. The molecule has 0 aliphatic carbocycles. The number of hydrogen-bond acceptors (Lipinski definition) is 12. The van der Waals surface area contributed by atoms with Crippen molar-refractivity contribution >= 4 is 31.0 Å². The van der Waals surface area contributed by atoms with Gasteiger partial charge in [-0.25, -0.2) is 14.6 Å². The second-order valence-corrected chi connectivity index (χ2v) is 9.42. The van der Waals surface area contributed by atoms with Gasteiger partial charge in [0.15, 0.2) is 17.4 Å². The lowest BCUT2D eigenvalue weighted by atomic mass is 9.93. The van der Waals surface area contributed by atoms with Gasteiger partial charge in [0, 0.05) is 11.0 Å². The molecule has 2 aliphatic heterocycles. The van der Waals surface area contributed by atoms with Gasteiger partial charge in [0.25, 0.3) is 0 Å². The van der Waals surface area contributed by atoms with Crippen LogP contribution in [0.5, 0.6) is 5.88 Å². The molecule has 0 aromatic carbocycles. The van der Waals surface area contributed by atoms with Crippen LogP contribution in [-0.4, -0.2) is 63.2 Å². The minimum Gasteiger partial charge on any atom is -0.479 e. The second kappa shape index (κ2) is 10.0. The summed E-state index contributed by atoms with van der Waals surface area (Å²) in [5, 5.41) is 6.87. The Kier molecular flexibility index (Phi) is 7.54. The van der Waals surface area contributed by atoms with Crippen molar-refractivity contribution in [3.63, 3.8) is 0 Å². The Labute approximate surface area is 193 Å². The molecule has 2 aliphatic rings. The van der Waals surface area contributed by atoms with E-state index in [2.05, 4.69) is 30.1 Å². The summed E-state index contributed by atoms with van der Waals surface area (Å²) in [4.78, 5) is 31.8. The van der Waals surface area contributed by atoms with E-state index in [1.807, 2.05) is 13.8 Å². The molecule has 4 heterocycles. The van der Waals surface area contributed by atoms with Crippen molar-refractivity contribution in [2.75, 3.05) is 19.5 Å². The van der Waals surface area contributed by atoms with Gasteiger partial charge in [0.2, 0.25) is 11.8 Å². The average Bonchev–Trinajstić information content (AvgIpc) is 3.32. The molecule has 6 atom stereocenters. The molecule has 2 saturated heterocycles. The number of nitrogens with one attached hydrogen (secondary N) is 1. The average molecular weight is 497 g/mol. The number of hydrogen-bond donors (Lipinski definition) is 2. The minimum atomic E-state index is -3.64. The molecule has 17 heteroatoms. The Morgan fingerprint density at radius 1 is 1.53 bits per heavy atom. The van der Waals surface area contributed by atoms with Crippen molar-refractivity contribution in [3.8, 4) is 5.88 Å². The van der Waals surface area contributed by atoms with E-state index in [-0.39, 0.29) is 30.6 Å². The molecule has 3 N–H and O–H groups in total. The number of imidazole rings is 1. The van der Waals surface area contributed by atoms with E-state index in [1.54, 1.807) is 11.5 Å². The summed E-state index contributed by atoms with van der Waals surface area (Å²) < 4.78 is 37.5. The van der Waals surface area contributed by atoms with Gasteiger partial charge < -0.3 is 15.2 Å². The monoisotopic (exact) mass is 497 g/mol. The fraction of sp³-hybridized carbons (Fsp3) is 0.647. The van der Waals surface area contributed by atoms with Crippen LogP contribution in [0.2, 0.25) is 0 Å². The number of methoxy groups -OCH3 is 1. The maximum absolute atomic E-state index is 13.2. The molecule has 34 heavy (non-hydrogen) atoms. The highest BCUT2D eigenvalue weighted by Gasteiger charge is 2.60. The van der Waals surface area contributed by atoms with Crippen LogP contribution < -0.4 is 15.6 Å². The van der Waals surface area contributed by atoms with Gasteiger partial charge in [-0.3, -0.25) is 13.6 Å². The number of rotatable bonds is 6. The first-order chi connectivity index (χ1) is 16.2. The highest BCUT2D eigenvalue weighted by Crippen LogP contribution is 2.57. The van der Waals surface area contributed by atoms with Crippen molar-refractivity contribution in [1.82, 2.24) is 24.6 Å². The zero-order chi connectivity index (χ0) is 25.1. The van der Waals surface area contributed by atoms with E-state index in [9.17, 15) is 10.1 Å². The van der Waals surface area contributed by atoms with E-state index in [1.165, 1.54) is 13.4 Å². The number of carbonyl (C=O) groups excluding carboxylic acids is 2. The van der Waals surface area contributed by atoms with Crippen molar-refractivity contribution in [2.24, 2.45) is 5.11 Å². The van der Waals surface area contributed by atoms with Crippen LogP contribution in [0, 0.1) is 0 Å². The van der Waals surface area contributed by atoms with Crippen LogP contribution in [0.1, 0.15) is 33.4 Å². The maximum Gasteiger partial charge on any atom is 0.406 e. The summed E-state index contributed by atoms with van der Waals surface area (Å²) in [6.07, 6.45) is 0.0671. The molecule has 2 aromatic rings. The predicted molar refractivity (Wildman–Crippen MR) is 114 cm³/mol. The third-order valence-electron chi connectivity index (χ3n) is 5.48. The SMILES string of the molecule is CC[C@H](C)NP1(=O)OC[C@H]2O[C@@H](n3cnc4c(OC)nc(N)nc43)[C@](C)(N=[N+]=[N-])[C@@H]2O1.O=C=O. The highest BCUT2D eigenvalue weighted by molar-refractivity contribution is 7.51. The van der Waals surface area contributed by atoms with Crippen LogP contribution in [-0.2, 0) is 27.9 Å². The molecule has 0 spiro atoms. The Morgan fingerprint density at radius 3 is 2.85 bits per heavy atom. The summed E-state index contributed by atoms with van der Waals surface area (Å²) in [5.74, 6) is 0.179. The molecule has 2 aromatic heterocycles. The first-order valence-corrected chi connectivity index (χ1v) is 11.7. The highest BCUT2D eigenvalue weighted by atomic mass is 31.2. The number of anilines is 1. The van der Waals surface area contributed by atoms with Crippen molar-refractivity contribution < 1.29 is 32.7 Å². The molecule has 0 saturated carbocycles. The van der Waals surface area contributed by atoms with E-state index >= 15 is 0 Å². The van der Waals surface area contributed by atoms with Crippen molar-refractivity contribution in [1.29, 1.82) is 0 Å². The Morgan fingerprint density at radius 2 is 2.24 bits per heavy atom. The quantitative estimate of drug-likeness (QED) is 0.252. The molecule has 0 bridgehead atoms. The molecular weight excluding hydrogens is 473 g/mol. The Bertz CT molecular complexity index is 1180. The van der Waals surface area contributed by atoms with E-state index in [0.717, 1.165) is 6.42 Å². The van der Waals surface area contributed by atoms with Gasteiger partial charge >= 0.3 is 13.9 Å². The summed E-state index contributed by atoms with van der Waals surface area (Å²) in [6.45, 7) is 5.47. The largest absolute Gasteiger partial charge is 0.479 e. The second-order valence-electron chi connectivity index (χ2n) is 7.70. The molecule has 0 radical (unpaired) electrons. The fourth-order valence-electron chi connectivity index (χ4n) is 3.74. The third kappa shape index (κ3) is 4.61. The number of nitrogen functional groups attached to an aromatic ring is 1. The van der Waals surface area contributed by atoms with Gasteiger partial charge in [0.1, 0.15) is 17.7 Å². The fourth-order valence-corrected chi connectivity index (χ4v) is 5.65. The van der Waals surface area contributed by atoms with Crippen LogP contribution >= 0.6 is 7.75 Å². The zero-order valence-electron chi connectivity index (χ0n) is 18.8. The van der Waals surface area contributed by atoms with Crippen LogP contribution in [0.25, 0.3) is 21.6 Å². The van der Waals surface area contributed by atoms with E-state index in [0.29, 0.717) is 11.2 Å². The van der Waals surface area contributed by atoms with Gasteiger partial charge in [-0.05, 0) is 25.8 Å². The number of nitrogens with two attached hydrogens (primary N) is 1.